The number of hydrogen-bond donors (Lipinski definition) is 3. The molecule has 1 aromatic rings. The second kappa shape index (κ2) is 6.23. The third kappa shape index (κ3) is 3.12. The zero-order valence-electron chi connectivity index (χ0n) is 10.2. The first-order valence-electron chi connectivity index (χ1n) is 5.41. The summed E-state index contributed by atoms with van der Waals surface area (Å²) in [6.45, 7) is 1.71. The Morgan fingerprint density at radius 1 is 1.39 bits per heavy atom. The van der Waals surface area contributed by atoms with Crippen molar-refractivity contribution in [1.29, 1.82) is 0 Å². The normalized spacial score (nSPS) is 13.8. The fourth-order valence-corrected chi connectivity index (χ4v) is 1.42. The van der Waals surface area contributed by atoms with Crippen molar-refractivity contribution in [2.75, 3.05) is 13.7 Å². The van der Waals surface area contributed by atoms with Gasteiger partial charge in [0.25, 0.3) is 0 Å². The monoisotopic (exact) mass is 256 g/mol. The number of aliphatic hydroxyl groups is 2. The van der Waals surface area contributed by atoms with Crippen molar-refractivity contribution in [2.24, 2.45) is 0 Å². The van der Waals surface area contributed by atoms with Crippen LogP contribution in [0.4, 0.5) is 0 Å². The van der Waals surface area contributed by atoms with E-state index in [-0.39, 0.29) is 23.7 Å². The fraction of sp³-hybridized carbons (Fsp3) is 0.417. The maximum atomic E-state index is 11.3. The Hall–Kier alpha value is -1.79. The molecule has 2 unspecified atom stereocenters. The lowest BCUT2D eigenvalue weighted by molar-refractivity contribution is -0.159. The molecule has 2 atom stereocenters. The Bertz CT molecular complexity index is 417. The van der Waals surface area contributed by atoms with E-state index >= 15 is 0 Å². The lowest BCUT2D eigenvalue weighted by atomic mass is 10.0. The molecule has 18 heavy (non-hydrogen) atoms. The van der Waals surface area contributed by atoms with Gasteiger partial charge < -0.3 is 24.8 Å². The van der Waals surface area contributed by atoms with E-state index < -0.39 is 18.2 Å². The highest BCUT2D eigenvalue weighted by Gasteiger charge is 2.27. The van der Waals surface area contributed by atoms with Crippen molar-refractivity contribution >= 4 is 5.97 Å². The standard InChI is InChI=1S/C12H16O6/c1-3-18-12(16)11(15)10(14)7-4-5-8(13)9(6-7)17-2/h4-6,10-11,13-15H,3H2,1-2H3. The van der Waals surface area contributed by atoms with Crippen LogP contribution in [0, 0.1) is 0 Å². The Morgan fingerprint density at radius 2 is 2.06 bits per heavy atom. The first-order chi connectivity index (χ1) is 8.51. The lowest BCUT2D eigenvalue weighted by Gasteiger charge is -2.17. The van der Waals surface area contributed by atoms with Gasteiger partial charge >= 0.3 is 5.97 Å². The molecule has 0 aliphatic heterocycles. The van der Waals surface area contributed by atoms with Crippen molar-refractivity contribution in [3.05, 3.63) is 23.8 Å². The van der Waals surface area contributed by atoms with E-state index in [1.165, 1.54) is 25.3 Å². The van der Waals surface area contributed by atoms with E-state index in [9.17, 15) is 20.1 Å². The number of benzene rings is 1. The molecule has 1 aromatic carbocycles. The van der Waals surface area contributed by atoms with Crippen LogP contribution in [0.25, 0.3) is 0 Å². The second-order valence-corrected chi connectivity index (χ2v) is 3.57. The minimum Gasteiger partial charge on any atom is -0.504 e. The van der Waals surface area contributed by atoms with E-state index in [1.54, 1.807) is 6.92 Å². The SMILES string of the molecule is CCOC(=O)C(O)C(O)c1ccc(O)c(OC)c1. The average Bonchev–Trinajstić information content (AvgIpc) is 2.38. The summed E-state index contributed by atoms with van der Waals surface area (Å²) >= 11 is 0. The van der Waals surface area contributed by atoms with Crippen LogP contribution in [0.5, 0.6) is 11.5 Å². The number of phenols is 1. The van der Waals surface area contributed by atoms with Gasteiger partial charge in [0.2, 0.25) is 0 Å². The highest BCUT2D eigenvalue weighted by molar-refractivity contribution is 5.75. The molecule has 1 rings (SSSR count). The summed E-state index contributed by atoms with van der Waals surface area (Å²) in [4.78, 5) is 11.3. The molecule has 0 bridgehead atoms. The highest BCUT2D eigenvalue weighted by atomic mass is 16.5. The molecule has 0 aliphatic carbocycles. The number of aromatic hydroxyl groups is 1. The first kappa shape index (κ1) is 14.3. The minimum absolute atomic E-state index is 0.0981. The fourth-order valence-electron chi connectivity index (χ4n) is 1.42. The van der Waals surface area contributed by atoms with Crippen LogP contribution in [0.2, 0.25) is 0 Å². The lowest BCUT2D eigenvalue weighted by Crippen LogP contribution is -2.29. The molecule has 6 nitrogen and oxygen atoms in total. The zero-order chi connectivity index (χ0) is 13.7. The highest BCUT2D eigenvalue weighted by Crippen LogP contribution is 2.30. The van der Waals surface area contributed by atoms with Gasteiger partial charge in [0.05, 0.1) is 13.7 Å². The maximum Gasteiger partial charge on any atom is 0.338 e. The molecule has 6 heteroatoms. The van der Waals surface area contributed by atoms with E-state index in [0.29, 0.717) is 0 Å². The number of phenolic OH excluding ortho intramolecular Hbond substituents is 1. The van der Waals surface area contributed by atoms with Crippen LogP contribution >= 0.6 is 0 Å². The smallest absolute Gasteiger partial charge is 0.338 e. The Kier molecular flexibility index (Phi) is 4.94. The number of carbonyl (C=O) groups excluding carboxylic acids is 1. The zero-order valence-corrected chi connectivity index (χ0v) is 10.2. The predicted octanol–water partition coefficient (Wildman–Crippen LogP) is 0.358. The molecule has 0 amide bonds. The molecule has 0 radical (unpaired) electrons. The molecule has 0 saturated carbocycles. The number of ether oxygens (including phenoxy) is 2. The number of esters is 1. The van der Waals surface area contributed by atoms with Crippen molar-refractivity contribution in [2.45, 2.75) is 19.1 Å². The van der Waals surface area contributed by atoms with E-state index in [0.717, 1.165) is 0 Å². The summed E-state index contributed by atoms with van der Waals surface area (Å²) in [7, 11) is 1.35. The summed E-state index contributed by atoms with van der Waals surface area (Å²) in [6, 6.07) is 4.02. The minimum atomic E-state index is -1.68. The van der Waals surface area contributed by atoms with Gasteiger partial charge in [0.1, 0.15) is 6.10 Å². The van der Waals surface area contributed by atoms with Crippen LogP contribution in [0.3, 0.4) is 0 Å². The third-order valence-corrected chi connectivity index (χ3v) is 2.37. The van der Waals surface area contributed by atoms with Crippen molar-refractivity contribution in [1.82, 2.24) is 0 Å². The van der Waals surface area contributed by atoms with Gasteiger partial charge in [0, 0.05) is 0 Å². The molecule has 0 aromatic heterocycles. The topological polar surface area (TPSA) is 96.2 Å². The van der Waals surface area contributed by atoms with Crippen LogP contribution < -0.4 is 4.74 Å². The summed E-state index contributed by atoms with van der Waals surface area (Å²) < 4.78 is 9.46. The van der Waals surface area contributed by atoms with Crippen LogP contribution in [-0.2, 0) is 9.53 Å². The van der Waals surface area contributed by atoms with Gasteiger partial charge in [-0.1, -0.05) is 6.07 Å². The molecule has 0 spiro atoms. The third-order valence-electron chi connectivity index (χ3n) is 2.37. The van der Waals surface area contributed by atoms with Crippen LogP contribution in [0.15, 0.2) is 18.2 Å². The molecular weight excluding hydrogens is 240 g/mol. The average molecular weight is 256 g/mol. The van der Waals surface area contributed by atoms with Crippen LogP contribution in [0.1, 0.15) is 18.6 Å². The summed E-state index contributed by atoms with van der Waals surface area (Å²) in [6.07, 6.45) is -3.13. The Balaban J connectivity index is 2.89. The molecule has 3 N–H and O–H groups in total. The summed E-state index contributed by atoms with van der Waals surface area (Å²) in [5.74, 6) is -0.862. The van der Waals surface area contributed by atoms with Gasteiger partial charge in [0.15, 0.2) is 17.6 Å². The van der Waals surface area contributed by atoms with Crippen LogP contribution in [-0.4, -0.2) is 41.1 Å². The predicted molar refractivity (Wildman–Crippen MR) is 62.3 cm³/mol. The Labute approximate surface area is 104 Å². The Morgan fingerprint density at radius 3 is 2.61 bits per heavy atom. The van der Waals surface area contributed by atoms with Gasteiger partial charge in [-0.2, -0.15) is 0 Å². The van der Waals surface area contributed by atoms with E-state index in [4.69, 9.17) is 4.74 Å². The van der Waals surface area contributed by atoms with Gasteiger partial charge in [-0.15, -0.1) is 0 Å². The molecular formula is C12H16O6. The largest absolute Gasteiger partial charge is 0.504 e. The maximum absolute atomic E-state index is 11.3. The number of aliphatic hydroxyl groups excluding tert-OH is 2. The summed E-state index contributed by atoms with van der Waals surface area (Å²) in [5, 5.41) is 28.8. The molecule has 0 saturated heterocycles. The number of hydrogen-bond acceptors (Lipinski definition) is 6. The van der Waals surface area contributed by atoms with Crippen molar-refractivity contribution in [3.8, 4) is 11.5 Å². The molecule has 0 fully saturated rings. The first-order valence-corrected chi connectivity index (χ1v) is 5.41. The quantitative estimate of drug-likeness (QED) is 0.658. The molecule has 0 heterocycles. The van der Waals surface area contributed by atoms with Crippen molar-refractivity contribution in [3.63, 3.8) is 0 Å². The van der Waals surface area contributed by atoms with Gasteiger partial charge in [-0.3, -0.25) is 0 Å². The van der Waals surface area contributed by atoms with Crippen molar-refractivity contribution < 1.29 is 29.6 Å². The molecule has 0 aliphatic rings. The number of methoxy groups -OCH3 is 1. The van der Waals surface area contributed by atoms with E-state index in [2.05, 4.69) is 4.74 Å². The summed E-state index contributed by atoms with van der Waals surface area (Å²) in [5.41, 5.74) is 0.241. The number of rotatable bonds is 5. The van der Waals surface area contributed by atoms with Gasteiger partial charge in [-0.05, 0) is 24.6 Å². The van der Waals surface area contributed by atoms with Gasteiger partial charge in [-0.25, -0.2) is 4.79 Å². The number of carbonyl (C=O) groups is 1. The second-order valence-electron chi connectivity index (χ2n) is 3.57. The molecule has 100 valence electrons. The van der Waals surface area contributed by atoms with E-state index in [1.807, 2.05) is 0 Å².